The van der Waals surface area contributed by atoms with Crippen molar-refractivity contribution < 1.29 is 17.9 Å². The SMILES string of the molecule is CCOC(=O)c1ccc(NS(=O)(=O)CC[Si](C)(C)C)cc1. The van der Waals surface area contributed by atoms with E-state index in [-0.39, 0.29) is 5.75 Å². The molecule has 1 rings (SSSR count). The molecule has 118 valence electrons. The minimum Gasteiger partial charge on any atom is -0.462 e. The number of sulfonamides is 1. The first-order valence-electron chi connectivity index (χ1n) is 6.91. The van der Waals surface area contributed by atoms with E-state index in [2.05, 4.69) is 24.4 Å². The van der Waals surface area contributed by atoms with Crippen molar-refractivity contribution in [3.8, 4) is 0 Å². The number of hydrogen-bond acceptors (Lipinski definition) is 4. The first-order valence-corrected chi connectivity index (χ1v) is 12.3. The number of anilines is 1. The predicted molar refractivity (Wildman–Crippen MR) is 88.0 cm³/mol. The number of benzene rings is 1. The molecule has 0 heterocycles. The summed E-state index contributed by atoms with van der Waals surface area (Å²) in [6.07, 6.45) is 0. The van der Waals surface area contributed by atoms with Gasteiger partial charge in [0.15, 0.2) is 0 Å². The Morgan fingerprint density at radius 3 is 2.24 bits per heavy atom. The van der Waals surface area contributed by atoms with Crippen molar-refractivity contribution in [2.24, 2.45) is 0 Å². The average Bonchev–Trinajstić information content (AvgIpc) is 2.36. The molecule has 0 aliphatic carbocycles. The summed E-state index contributed by atoms with van der Waals surface area (Å²) in [5, 5.41) is 0. The third kappa shape index (κ3) is 6.77. The van der Waals surface area contributed by atoms with E-state index in [1.165, 1.54) is 0 Å². The lowest BCUT2D eigenvalue weighted by molar-refractivity contribution is 0.0526. The highest BCUT2D eigenvalue weighted by Crippen LogP contribution is 2.15. The Labute approximate surface area is 127 Å². The van der Waals surface area contributed by atoms with Crippen molar-refractivity contribution in [3.05, 3.63) is 29.8 Å². The van der Waals surface area contributed by atoms with Crippen LogP contribution >= 0.6 is 0 Å². The second-order valence-corrected chi connectivity index (χ2v) is 13.5. The van der Waals surface area contributed by atoms with Crippen LogP contribution in [0.3, 0.4) is 0 Å². The van der Waals surface area contributed by atoms with Crippen LogP contribution in [0.1, 0.15) is 17.3 Å². The van der Waals surface area contributed by atoms with Crippen LogP contribution in [-0.2, 0) is 14.8 Å². The van der Waals surface area contributed by atoms with Crippen molar-refractivity contribution in [2.75, 3.05) is 17.1 Å². The maximum absolute atomic E-state index is 12.0. The Hall–Kier alpha value is -1.34. The van der Waals surface area contributed by atoms with Crippen LogP contribution in [0.25, 0.3) is 0 Å². The average molecular weight is 329 g/mol. The number of ether oxygens (including phenoxy) is 1. The number of esters is 1. The molecule has 0 bridgehead atoms. The largest absolute Gasteiger partial charge is 0.462 e. The molecule has 0 unspecified atom stereocenters. The molecular weight excluding hydrogens is 306 g/mol. The summed E-state index contributed by atoms with van der Waals surface area (Å²) < 4.78 is 31.4. The molecule has 1 N–H and O–H groups in total. The fourth-order valence-electron chi connectivity index (χ4n) is 1.56. The standard InChI is InChI=1S/C14H23NO4SSi/c1-5-19-14(16)12-6-8-13(9-7-12)15-20(17,18)10-11-21(2,3)4/h6-9,15H,5,10-11H2,1-4H3. The van der Waals surface area contributed by atoms with Gasteiger partial charge in [-0.1, -0.05) is 19.6 Å². The molecule has 7 heteroatoms. The summed E-state index contributed by atoms with van der Waals surface area (Å²) in [6, 6.07) is 6.95. The highest BCUT2D eigenvalue weighted by molar-refractivity contribution is 7.92. The molecule has 0 aromatic heterocycles. The third-order valence-corrected chi connectivity index (χ3v) is 6.19. The topological polar surface area (TPSA) is 72.5 Å². The molecule has 21 heavy (non-hydrogen) atoms. The van der Waals surface area contributed by atoms with Gasteiger partial charge in [-0.3, -0.25) is 4.72 Å². The highest BCUT2D eigenvalue weighted by atomic mass is 32.2. The van der Waals surface area contributed by atoms with Crippen molar-refractivity contribution in [1.82, 2.24) is 0 Å². The smallest absolute Gasteiger partial charge is 0.338 e. The first-order chi connectivity index (χ1) is 9.63. The van der Waals surface area contributed by atoms with Gasteiger partial charge >= 0.3 is 5.97 Å². The molecule has 0 aliphatic rings. The monoisotopic (exact) mass is 329 g/mol. The van der Waals surface area contributed by atoms with E-state index in [1.54, 1.807) is 31.2 Å². The summed E-state index contributed by atoms with van der Waals surface area (Å²) in [4.78, 5) is 11.5. The van der Waals surface area contributed by atoms with Crippen molar-refractivity contribution in [1.29, 1.82) is 0 Å². The normalized spacial score (nSPS) is 12.0. The minimum absolute atomic E-state index is 0.127. The molecule has 0 amide bonds. The van der Waals surface area contributed by atoms with Gasteiger partial charge in [0.2, 0.25) is 10.0 Å². The number of rotatable bonds is 7. The lowest BCUT2D eigenvalue weighted by atomic mass is 10.2. The van der Waals surface area contributed by atoms with Crippen molar-refractivity contribution in [3.63, 3.8) is 0 Å². The summed E-state index contributed by atoms with van der Waals surface area (Å²) in [6.45, 7) is 8.45. The third-order valence-electron chi connectivity index (χ3n) is 2.79. The predicted octanol–water partition coefficient (Wildman–Crippen LogP) is 2.94. The Kier molecular flexibility index (Phi) is 5.97. The molecule has 0 spiro atoms. The Balaban J connectivity index is 2.69. The van der Waals surface area contributed by atoms with Crippen molar-refractivity contribution >= 4 is 29.8 Å². The summed E-state index contributed by atoms with van der Waals surface area (Å²) in [5.41, 5.74) is 0.862. The number of nitrogens with one attached hydrogen (secondary N) is 1. The fraction of sp³-hybridized carbons (Fsp3) is 0.500. The lowest BCUT2D eigenvalue weighted by Gasteiger charge is -2.16. The molecule has 0 fully saturated rings. The summed E-state index contributed by atoms with van der Waals surface area (Å²) >= 11 is 0. The van der Waals surface area contributed by atoms with Gasteiger partial charge < -0.3 is 4.74 Å². The van der Waals surface area contributed by atoms with Crippen LogP contribution in [-0.4, -0.2) is 34.8 Å². The molecule has 0 radical (unpaired) electrons. The Bertz CT molecular complexity index is 576. The van der Waals surface area contributed by atoms with Crippen LogP contribution in [0.4, 0.5) is 5.69 Å². The maximum atomic E-state index is 12.0. The summed E-state index contributed by atoms with van der Waals surface area (Å²) in [5.74, 6) is -0.284. The van der Waals surface area contributed by atoms with E-state index in [4.69, 9.17) is 4.74 Å². The molecule has 0 saturated carbocycles. The Morgan fingerprint density at radius 2 is 1.76 bits per heavy atom. The number of carbonyl (C=O) groups is 1. The first kappa shape index (κ1) is 17.7. The molecule has 5 nitrogen and oxygen atoms in total. The zero-order valence-corrected chi connectivity index (χ0v) is 14.8. The van der Waals surface area contributed by atoms with Crippen LogP contribution in [0.15, 0.2) is 24.3 Å². The zero-order chi connectivity index (χ0) is 16.1. The van der Waals surface area contributed by atoms with Gasteiger partial charge in [-0.15, -0.1) is 0 Å². The Morgan fingerprint density at radius 1 is 1.19 bits per heavy atom. The van der Waals surface area contributed by atoms with Crippen LogP contribution in [0, 0.1) is 0 Å². The zero-order valence-electron chi connectivity index (χ0n) is 13.0. The molecule has 0 aliphatic heterocycles. The second-order valence-electron chi connectivity index (χ2n) is 6.03. The van der Waals surface area contributed by atoms with Crippen LogP contribution in [0.5, 0.6) is 0 Å². The molecule has 0 atom stereocenters. The van der Waals surface area contributed by atoms with E-state index in [0.29, 0.717) is 23.9 Å². The molecule has 0 saturated heterocycles. The van der Waals surface area contributed by atoms with Gasteiger partial charge in [0.05, 0.1) is 17.9 Å². The van der Waals surface area contributed by atoms with E-state index in [9.17, 15) is 13.2 Å². The van der Waals surface area contributed by atoms with Gasteiger partial charge in [-0.05, 0) is 37.2 Å². The maximum Gasteiger partial charge on any atom is 0.338 e. The van der Waals surface area contributed by atoms with Gasteiger partial charge in [0.25, 0.3) is 0 Å². The lowest BCUT2D eigenvalue weighted by Crippen LogP contribution is -2.26. The second kappa shape index (κ2) is 7.08. The quantitative estimate of drug-likeness (QED) is 0.616. The minimum atomic E-state index is -3.34. The van der Waals surface area contributed by atoms with E-state index in [1.807, 2.05) is 0 Å². The van der Waals surface area contributed by atoms with E-state index < -0.39 is 24.1 Å². The molecular formula is C14H23NO4SSi. The van der Waals surface area contributed by atoms with Gasteiger partial charge in [-0.25, -0.2) is 13.2 Å². The summed E-state index contributed by atoms with van der Waals surface area (Å²) in [7, 11) is -4.74. The van der Waals surface area contributed by atoms with Crippen LogP contribution < -0.4 is 4.72 Å². The van der Waals surface area contributed by atoms with Gasteiger partial charge in [0.1, 0.15) is 0 Å². The van der Waals surface area contributed by atoms with Crippen molar-refractivity contribution in [2.45, 2.75) is 32.6 Å². The van der Waals surface area contributed by atoms with E-state index in [0.717, 1.165) is 0 Å². The highest BCUT2D eigenvalue weighted by Gasteiger charge is 2.19. The van der Waals surface area contributed by atoms with Gasteiger partial charge in [-0.2, -0.15) is 0 Å². The van der Waals surface area contributed by atoms with E-state index >= 15 is 0 Å². The van der Waals surface area contributed by atoms with Crippen LogP contribution in [0.2, 0.25) is 25.7 Å². The molecule has 1 aromatic carbocycles. The molecule has 1 aromatic rings. The fourth-order valence-corrected chi connectivity index (χ4v) is 5.68. The van der Waals surface area contributed by atoms with Gasteiger partial charge in [0, 0.05) is 13.8 Å². The number of carbonyl (C=O) groups excluding carboxylic acids is 1. The number of hydrogen-bond donors (Lipinski definition) is 1.